The second kappa shape index (κ2) is 5.73. The zero-order valence-electron chi connectivity index (χ0n) is 11.0. The molecule has 0 amide bonds. The highest BCUT2D eigenvalue weighted by atomic mass is 35.5. The number of nitrogens with one attached hydrogen (secondary N) is 1. The minimum Gasteiger partial charge on any atom is -0.478 e. The molecule has 4 nitrogen and oxygen atoms in total. The number of rotatable bonds is 2. The molecule has 1 aromatic rings. The van der Waals surface area contributed by atoms with E-state index in [2.05, 4.69) is 4.99 Å². The van der Waals surface area contributed by atoms with Crippen molar-refractivity contribution in [2.24, 2.45) is 4.99 Å². The van der Waals surface area contributed by atoms with Crippen LogP contribution in [0.4, 0.5) is 8.78 Å². The zero-order chi connectivity index (χ0) is 15.7. The molecule has 1 aromatic carbocycles. The second-order valence-electron chi connectivity index (χ2n) is 4.57. The van der Waals surface area contributed by atoms with Crippen LogP contribution in [-0.4, -0.2) is 29.0 Å². The number of hydrogen-bond donors (Lipinski definition) is 2. The number of aliphatic carboxylic acids is 1. The summed E-state index contributed by atoms with van der Waals surface area (Å²) in [6.07, 6.45) is -0.158. The van der Waals surface area contributed by atoms with E-state index in [0.717, 1.165) is 0 Å². The fourth-order valence-corrected chi connectivity index (χ4v) is 2.15. The lowest BCUT2D eigenvalue weighted by Gasteiger charge is -2.08. The molecule has 0 unspecified atom stereocenters. The van der Waals surface area contributed by atoms with E-state index in [4.69, 9.17) is 22.1 Å². The molecule has 0 fully saturated rings. The molecule has 110 valence electrons. The maximum atomic E-state index is 14.0. The van der Waals surface area contributed by atoms with E-state index in [1.165, 1.54) is 19.1 Å². The third-order valence-corrected chi connectivity index (χ3v) is 3.60. The minimum atomic E-state index is -1.29. The van der Waals surface area contributed by atoms with Crippen molar-refractivity contribution in [3.05, 3.63) is 45.5 Å². The molecule has 2 rings (SSSR count). The number of carboxylic acid groups (broad SMARTS) is 1. The number of aryl methyl sites for hydroxylation is 1. The Morgan fingerprint density at radius 2 is 2.05 bits per heavy atom. The lowest BCUT2D eigenvalue weighted by molar-refractivity contribution is -0.132. The molecule has 0 saturated carbocycles. The van der Waals surface area contributed by atoms with Crippen LogP contribution in [-0.2, 0) is 4.79 Å². The molecule has 1 heterocycles. The van der Waals surface area contributed by atoms with Gasteiger partial charge in [0.15, 0.2) is 11.6 Å². The van der Waals surface area contributed by atoms with Gasteiger partial charge in [0.05, 0.1) is 28.6 Å². The first kappa shape index (κ1) is 15.3. The van der Waals surface area contributed by atoms with Gasteiger partial charge in [-0.05, 0) is 18.6 Å². The van der Waals surface area contributed by atoms with Gasteiger partial charge in [0, 0.05) is 12.0 Å². The van der Waals surface area contributed by atoms with Crippen molar-refractivity contribution in [3.63, 3.8) is 0 Å². The van der Waals surface area contributed by atoms with Crippen LogP contribution in [0, 0.1) is 24.0 Å². The third kappa shape index (κ3) is 2.85. The second-order valence-corrected chi connectivity index (χ2v) is 4.95. The molecule has 2 N–H and O–H groups in total. The van der Waals surface area contributed by atoms with Crippen LogP contribution in [0.25, 0.3) is 0 Å². The summed E-state index contributed by atoms with van der Waals surface area (Å²) in [4.78, 5) is 15.0. The fraction of sp³-hybridized carbons (Fsp3) is 0.214. The van der Waals surface area contributed by atoms with E-state index < -0.39 is 17.6 Å². The molecule has 0 aromatic heterocycles. The Labute approximate surface area is 124 Å². The van der Waals surface area contributed by atoms with Gasteiger partial charge in [-0.15, -0.1) is 0 Å². The molecule has 21 heavy (non-hydrogen) atoms. The Bertz CT molecular complexity index is 711. The van der Waals surface area contributed by atoms with Gasteiger partial charge in [0.1, 0.15) is 0 Å². The van der Waals surface area contributed by atoms with Crippen molar-refractivity contribution in [3.8, 4) is 0 Å². The van der Waals surface area contributed by atoms with Crippen LogP contribution in [0.2, 0.25) is 0 Å². The van der Waals surface area contributed by atoms with Gasteiger partial charge in [0.25, 0.3) is 0 Å². The van der Waals surface area contributed by atoms with Gasteiger partial charge in [-0.2, -0.15) is 0 Å². The SMILES string of the molecule is Cc1ccc(C2=NCC(C(=O)O)=C(Cl)C(=N)C2)c(F)c1F. The molecular formula is C14H11ClF2N2O2. The first-order valence-electron chi connectivity index (χ1n) is 6.01. The summed E-state index contributed by atoms with van der Waals surface area (Å²) in [6, 6.07) is 2.76. The predicted molar refractivity (Wildman–Crippen MR) is 75.4 cm³/mol. The van der Waals surface area contributed by atoms with Gasteiger partial charge in [-0.3, -0.25) is 4.99 Å². The van der Waals surface area contributed by atoms with Gasteiger partial charge in [0.2, 0.25) is 0 Å². The first-order chi connectivity index (χ1) is 9.82. The molecule has 0 bridgehead atoms. The van der Waals surface area contributed by atoms with Gasteiger partial charge >= 0.3 is 5.97 Å². The molecular weight excluding hydrogens is 302 g/mol. The maximum absolute atomic E-state index is 14.0. The summed E-state index contributed by atoms with van der Waals surface area (Å²) in [5.74, 6) is -3.33. The molecule has 7 heteroatoms. The van der Waals surface area contributed by atoms with Crippen molar-refractivity contribution in [1.29, 1.82) is 5.41 Å². The van der Waals surface area contributed by atoms with E-state index in [9.17, 15) is 13.6 Å². The standard InChI is InChI=1S/C14H11ClF2N2O2/c1-6-2-3-7(13(17)12(6)16)10-4-9(18)11(15)8(5-19-10)14(20)21/h2-3,18H,4-5H2,1H3,(H,20,21). The van der Waals surface area contributed by atoms with Crippen LogP contribution >= 0.6 is 11.6 Å². The topological polar surface area (TPSA) is 73.5 Å². The Hall–Kier alpha value is -2.08. The number of hydrogen-bond acceptors (Lipinski definition) is 3. The summed E-state index contributed by atoms with van der Waals surface area (Å²) in [7, 11) is 0. The Kier molecular flexibility index (Phi) is 4.18. The van der Waals surface area contributed by atoms with Crippen molar-refractivity contribution in [1.82, 2.24) is 0 Å². The average molecular weight is 313 g/mol. The minimum absolute atomic E-state index is 0.0843. The van der Waals surface area contributed by atoms with Crippen LogP contribution in [0.15, 0.2) is 27.7 Å². The maximum Gasteiger partial charge on any atom is 0.335 e. The van der Waals surface area contributed by atoms with Gasteiger partial charge in [-0.25, -0.2) is 13.6 Å². The van der Waals surface area contributed by atoms with Crippen molar-refractivity contribution < 1.29 is 18.7 Å². The van der Waals surface area contributed by atoms with E-state index in [1.54, 1.807) is 0 Å². The summed E-state index contributed by atoms with van der Waals surface area (Å²) in [5, 5.41) is 16.5. The van der Waals surface area contributed by atoms with Crippen molar-refractivity contribution in [2.45, 2.75) is 13.3 Å². The van der Waals surface area contributed by atoms with Crippen LogP contribution in [0.3, 0.4) is 0 Å². The van der Waals surface area contributed by atoms with E-state index in [1.807, 2.05) is 0 Å². The number of allylic oxidation sites excluding steroid dienone is 1. The predicted octanol–water partition coefficient (Wildman–Crippen LogP) is 3.06. The molecule has 1 aliphatic heterocycles. The Morgan fingerprint density at radius 1 is 1.38 bits per heavy atom. The van der Waals surface area contributed by atoms with E-state index in [0.29, 0.717) is 0 Å². The average Bonchev–Trinajstić information content (AvgIpc) is 2.57. The molecule has 0 aliphatic carbocycles. The van der Waals surface area contributed by atoms with Gasteiger partial charge < -0.3 is 10.5 Å². The number of nitrogens with zero attached hydrogens (tertiary/aromatic N) is 1. The largest absolute Gasteiger partial charge is 0.478 e. The smallest absolute Gasteiger partial charge is 0.335 e. The van der Waals surface area contributed by atoms with Crippen molar-refractivity contribution in [2.75, 3.05) is 6.54 Å². The molecule has 1 aliphatic rings. The van der Waals surface area contributed by atoms with Crippen molar-refractivity contribution >= 4 is 29.0 Å². The number of carbonyl (C=O) groups is 1. The fourth-order valence-electron chi connectivity index (χ4n) is 1.94. The van der Waals surface area contributed by atoms with E-state index >= 15 is 0 Å². The molecule has 0 spiro atoms. The monoisotopic (exact) mass is 312 g/mol. The summed E-state index contributed by atoms with van der Waals surface area (Å²) < 4.78 is 27.6. The van der Waals surface area contributed by atoms with Gasteiger partial charge in [-0.1, -0.05) is 17.7 Å². The van der Waals surface area contributed by atoms with E-state index in [-0.39, 0.29) is 46.1 Å². The lowest BCUT2D eigenvalue weighted by atomic mass is 10.0. The number of benzene rings is 1. The summed E-state index contributed by atoms with van der Waals surface area (Å²) in [5.41, 5.74) is -0.247. The number of carboxylic acids is 1. The quantitative estimate of drug-likeness (QED) is 0.880. The molecule has 0 saturated heterocycles. The molecule has 0 atom stereocenters. The number of halogens is 3. The van der Waals surface area contributed by atoms with Crippen LogP contribution < -0.4 is 0 Å². The lowest BCUT2D eigenvalue weighted by Crippen LogP contribution is -2.11. The van der Waals surface area contributed by atoms with Crippen LogP contribution in [0.5, 0.6) is 0 Å². The zero-order valence-corrected chi connectivity index (χ0v) is 11.8. The van der Waals surface area contributed by atoms with Crippen LogP contribution in [0.1, 0.15) is 17.5 Å². The highest BCUT2D eigenvalue weighted by Crippen LogP contribution is 2.23. The highest BCUT2D eigenvalue weighted by Gasteiger charge is 2.24. The normalized spacial score (nSPS) is 15.8. The Morgan fingerprint density at radius 3 is 2.67 bits per heavy atom. The first-order valence-corrected chi connectivity index (χ1v) is 6.38. The highest BCUT2D eigenvalue weighted by molar-refractivity contribution is 6.46. The Balaban J connectivity index is 2.47. The third-order valence-electron chi connectivity index (χ3n) is 3.15. The number of aliphatic imine (C=N–C) groups is 1. The summed E-state index contributed by atoms with van der Waals surface area (Å²) in [6.45, 7) is 1.14. The molecule has 0 radical (unpaired) electrons. The summed E-state index contributed by atoms with van der Waals surface area (Å²) >= 11 is 5.81.